The number of carbonyl (C=O) groups excluding carboxylic acids is 1. The number of carbonyl (C=O) groups is 1. The molecule has 1 heterocycles. The zero-order chi connectivity index (χ0) is 18.2. The number of aromatic hydroxyl groups is 1. The van der Waals surface area contributed by atoms with Crippen LogP contribution in [0.15, 0.2) is 27.4 Å². The smallest absolute Gasteiger partial charge is 0.383 e. The van der Waals surface area contributed by atoms with Crippen LogP contribution in [-0.4, -0.2) is 30.9 Å². The van der Waals surface area contributed by atoms with Crippen molar-refractivity contribution >= 4 is 16.9 Å². The quantitative estimate of drug-likeness (QED) is 0.422. The molecule has 0 fully saturated rings. The Kier molecular flexibility index (Phi) is 6.68. The molecule has 0 radical (unpaired) electrons. The van der Waals surface area contributed by atoms with Gasteiger partial charge in [0.05, 0.1) is 31.6 Å². The molecule has 0 amide bonds. The fourth-order valence-electron chi connectivity index (χ4n) is 2.17. The van der Waals surface area contributed by atoms with Crippen LogP contribution in [0.4, 0.5) is 0 Å². The second-order valence-corrected chi connectivity index (χ2v) is 5.33. The molecule has 0 aliphatic rings. The third-order valence-electron chi connectivity index (χ3n) is 3.43. The van der Waals surface area contributed by atoms with Crippen molar-refractivity contribution in [3.8, 4) is 17.2 Å². The molecular weight excluding hydrogens is 328 g/mol. The van der Waals surface area contributed by atoms with Gasteiger partial charge in [-0.25, -0.2) is 4.79 Å². The number of esters is 1. The number of fused-ring (bicyclic) bond motifs is 1. The summed E-state index contributed by atoms with van der Waals surface area (Å²) in [6.07, 6.45) is 1.78. The molecule has 1 N–H and O–H groups in total. The zero-order valence-corrected chi connectivity index (χ0v) is 14.4. The predicted molar refractivity (Wildman–Crippen MR) is 91.3 cm³/mol. The third kappa shape index (κ3) is 4.89. The number of benzene rings is 1. The number of ether oxygens (including phenoxy) is 3. The van der Waals surface area contributed by atoms with Crippen molar-refractivity contribution in [1.29, 1.82) is 0 Å². The maximum Gasteiger partial charge on any atom is 0.383 e. The fraction of sp³-hybridized carbons (Fsp3) is 0.444. The van der Waals surface area contributed by atoms with Crippen LogP contribution in [-0.2, 0) is 9.53 Å². The van der Waals surface area contributed by atoms with Gasteiger partial charge >= 0.3 is 11.6 Å². The summed E-state index contributed by atoms with van der Waals surface area (Å²) in [5.41, 5.74) is -0.500. The van der Waals surface area contributed by atoms with Gasteiger partial charge in [-0.1, -0.05) is 13.3 Å². The molecule has 0 unspecified atom stereocenters. The van der Waals surface area contributed by atoms with Gasteiger partial charge in [-0.3, -0.25) is 4.79 Å². The van der Waals surface area contributed by atoms with Crippen molar-refractivity contribution in [3.05, 3.63) is 28.6 Å². The van der Waals surface area contributed by atoms with Gasteiger partial charge in [0.25, 0.3) is 0 Å². The largest absolute Gasteiger partial charge is 0.504 e. The summed E-state index contributed by atoms with van der Waals surface area (Å²) in [4.78, 5) is 23.2. The van der Waals surface area contributed by atoms with Gasteiger partial charge in [0, 0.05) is 0 Å². The lowest BCUT2D eigenvalue weighted by Crippen LogP contribution is -2.10. The van der Waals surface area contributed by atoms with E-state index in [-0.39, 0.29) is 36.1 Å². The molecule has 0 saturated carbocycles. The standard InChI is InChI=1S/C18H22O7/c1-3-5-9-24-17-16(20)13-11-12(6-7-14(13)25-18(17)21)23-10-8-15(19)22-4-2/h6-7,11,20H,3-5,8-10H2,1-2H3. The van der Waals surface area contributed by atoms with Crippen LogP contribution in [0.2, 0.25) is 0 Å². The van der Waals surface area contributed by atoms with Crippen LogP contribution in [0.3, 0.4) is 0 Å². The lowest BCUT2D eigenvalue weighted by Gasteiger charge is -2.10. The van der Waals surface area contributed by atoms with Gasteiger partial charge in [-0.05, 0) is 31.5 Å². The van der Waals surface area contributed by atoms with E-state index in [0.29, 0.717) is 24.3 Å². The highest BCUT2D eigenvalue weighted by Gasteiger charge is 2.16. The van der Waals surface area contributed by atoms with E-state index in [1.807, 2.05) is 6.92 Å². The minimum absolute atomic E-state index is 0.118. The first-order valence-electron chi connectivity index (χ1n) is 8.27. The van der Waals surface area contributed by atoms with Gasteiger partial charge in [0.1, 0.15) is 11.3 Å². The van der Waals surface area contributed by atoms with Crippen LogP contribution >= 0.6 is 0 Å². The first-order valence-corrected chi connectivity index (χ1v) is 8.27. The summed E-state index contributed by atoms with van der Waals surface area (Å²) in [6.45, 7) is 4.51. The first kappa shape index (κ1) is 18.6. The van der Waals surface area contributed by atoms with E-state index in [4.69, 9.17) is 18.6 Å². The van der Waals surface area contributed by atoms with E-state index in [2.05, 4.69) is 0 Å². The summed E-state index contributed by atoms with van der Waals surface area (Å²) >= 11 is 0. The van der Waals surface area contributed by atoms with Crippen molar-refractivity contribution in [3.63, 3.8) is 0 Å². The molecule has 2 aromatic rings. The molecule has 0 aliphatic heterocycles. The normalized spacial score (nSPS) is 10.6. The molecule has 7 heteroatoms. The average molecular weight is 350 g/mol. The van der Waals surface area contributed by atoms with E-state index in [9.17, 15) is 14.7 Å². The molecule has 0 spiro atoms. The Bertz CT molecular complexity index is 779. The highest BCUT2D eigenvalue weighted by atomic mass is 16.5. The minimum Gasteiger partial charge on any atom is -0.504 e. The van der Waals surface area contributed by atoms with Gasteiger partial charge in [0.2, 0.25) is 5.75 Å². The Morgan fingerprint density at radius 3 is 2.72 bits per heavy atom. The number of hydrogen-bond donors (Lipinski definition) is 1. The van der Waals surface area contributed by atoms with Crippen LogP contribution in [0.1, 0.15) is 33.1 Å². The van der Waals surface area contributed by atoms with Crippen LogP contribution in [0, 0.1) is 0 Å². The van der Waals surface area contributed by atoms with Crippen molar-refractivity contribution in [2.45, 2.75) is 33.1 Å². The second-order valence-electron chi connectivity index (χ2n) is 5.33. The van der Waals surface area contributed by atoms with Crippen LogP contribution in [0.5, 0.6) is 17.2 Å². The highest BCUT2D eigenvalue weighted by Crippen LogP contribution is 2.33. The topological polar surface area (TPSA) is 95.2 Å². The van der Waals surface area contributed by atoms with E-state index in [1.165, 1.54) is 12.1 Å². The van der Waals surface area contributed by atoms with E-state index >= 15 is 0 Å². The predicted octanol–water partition coefficient (Wildman–Crippen LogP) is 3.01. The fourth-order valence-corrected chi connectivity index (χ4v) is 2.17. The molecule has 1 aromatic heterocycles. The van der Waals surface area contributed by atoms with Crippen molar-refractivity contribution < 1.29 is 28.5 Å². The molecule has 0 bridgehead atoms. The first-order chi connectivity index (χ1) is 12.1. The van der Waals surface area contributed by atoms with Crippen LogP contribution in [0.25, 0.3) is 11.0 Å². The number of hydrogen-bond acceptors (Lipinski definition) is 7. The number of unbranched alkanes of at least 4 members (excludes halogenated alkanes) is 1. The van der Waals surface area contributed by atoms with Gasteiger partial charge in [-0.15, -0.1) is 0 Å². The maximum atomic E-state index is 11.9. The van der Waals surface area contributed by atoms with Gasteiger partial charge in [-0.2, -0.15) is 0 Å². The molecule has 7 nitrogen and oxygen atoms in total. The van der Waals surface area contributed by atoms with E-state index in [1.54, 1.807) is 13.0 Å². The Morgan fingerprint density at radius 1 is 1.20 bits per heavy atom. The molecular formula is C18H22O7. The molecule has 25 heavy (non-hydrogen) atoms. The minimum atomic E-state index is -0.725. The van der Waals surface area contributed by atoms with Gasteiger partial charge in [0.15, 0.2) is 5.75 Å². The lowest BCUT2D eigenvalue weighted by molar-refractivity contribution is -0.143. The molecule has 0 saturated heterocycles. The summed E-state index contributed by atoms with van der Waals surface area (Å²) < 4.78 is 20.8. The number of rotatable bonds is 9. The SMILES string of the molecule is CCCCOc1c(O)c2cc(OCCC(=O)OCC)ccc2oc1=O. The van der Waals surface area contributed by atoms with E-state index in [0.717, 1.165) is 12.8 Å². The Morgan fingerprint density at radius 2 is 2.00 bits per heavy atom. The lowest BCUT2D eigenvalue weighted by atomic mass is 10.2. The maximum absolute atomic E-state index is 11.9. The highest BCUT2D eigenvalue weighted by molar-refractivity contribution is 5.86. The van der Waals surface area contributed by atoms with Crippen molar-refractivity contribution in [2.24, 2.45) is 0 Å². The molecule has 0 atom stereocenters. The third-order valence-corrected chi connectivity index (χ3v) is 3.43. The molecule has 1 aromatic carbocycles. The monoisotopic (exact) mass is 350 g/mol. The zero-order valence-electron chi connectivity index (χ0n) is 14.4. The molecule has 0 aliphatic carbocycles. The Hall–Kier alpha value is -2.70. The summed E-state index contributed by atoms with van der Waals surface area (Å²) in [5.74, 6) is -0.396. The van der Waals surface area contributed by atoms with Crippen LogP contribution < -0.4 is 15.1 Å². The Balaban J connectivity index is 2.17. The van der Waals surface area contributed by atoms with E-state index < -0.39 is 5.63 Å². The average Bonchev–Trinajstić information content (AvgIpc) is 2.58. The summed E-state index contributed by atoms with van der Waals surface area (Å²) in [5, 5.41) is 10.6. The summed E-state index contributed by atoms with van der Waals surface area (Å²) in [7, 11) is 0. The van der Waals surface area contributed by atoms with Gasteiger partial charge < -0.3 is 23.7 Å². The second kappa shape index (κ2) is 8.96. The summed E-state index contributed by atoms with van der Waals surface area (Å²) in [6, 6.07) is 4.64. The van der Waals surface area contributed by atoms with Crippen molar-refractivity contribution in [1.82, 2.24) is 0 Å². The molecule has 2 rings (SSSR count). The molecule has 136 valence electrons. The Labute approximate surface area is 145 Å². The van der Waals surface area contributed by atoms with Crippen molar-refractivity contribution in [2.75, 3.05) is 19.8 Å².